The Morgan fingerprint density at radius 1 is 1.00 bits per heavy atom. The maximum absolute atomic E-state index is 13.1. The van der Waals surface area contributed by atoms with E-state index in [0.29, 0.717) is 28.3 Å². The van der Waals surface area contributed by atoms with Gasteiger partial charge in [0.1, 0.15) is 5.75 Å². The van der Waals surface area contributed by atoms with Crippen molar-refractivity contribution in [2.75, 3.05) is 24.4 Å². The van der Waals surface area contributed by atoms with Crippen LogP contribution in [0.2, 0.25) is 0 Å². The Balaban J connectivity index is 0.00000481. The van der Waals surface area contributed by atoms with Gasteiger partial charge in [0.05, 0.1) is 25.5 Å². The summed E-state index contributed by atoms with van der Waals surface area (Å²) >= 11 is 1.49. The van der Waals surface area contributed by atoms with Gasteiger partial charge < -0.3 is 25.3 Å². The molecule has 1 atom stereocenters. The first-order valence-corrected chi connectivity index (χ1v) is 12.8. The molecule has 0 saturated carbocycles. The van der Waals surface area contributed by atoms with Gasteiger partial charge in [-0.3, -0.25) is 9.59 Å². The summed E-state index contributed by atoms with van der Waals surface area (Å²) in [4.78, 5) is 37.4. The third kappa shape index (κ3) is 8.43. The minimum Gasteiger partial charge on any atom is -0.548 e. The molecule has 0 spiro atoms. The molecule has 0 fully saturated rings. The minimum atomic E-state index is -1.32. The van der Waals surface area contributed by atoms with E-state index in [-0.39, 0.29) is 37.6 Å². The Morgan fingerprint density at radius 3 is 2.32 bits per heavy atom. The van der Waals surface area contributed by atoms with Gasteiger partial charge in [-0.1, -0.05) is 36.4 Å². The van der Waals surface area contributed by atoms with Gasteiger partial charge in [-0.15, -0.1) is 0 Å². The maximum Gasteiger partial charge on any atom is 1.00 e. The van der Waals surface area contributed by atoms with Gasteiger partial charge in [0.15, 0.2) is 0 Å². The molecule has 0 aliphatic rings. The Kier molecular flexibility index (Phi) is 11.8. The molecule has 0 saturated heterocycles. The number of anilines is 1. The van der Waals surface area contributed by atoms with Crippen LogP contribution in [0.15, 0.2) is 66.7 Å². The summed E-state index contributed by atoms with van der Waals surface area (Å²) in [6.45, 7) is 1.92. The molecule has 37 heavy (non-hydrogen) atoms. The van der Waals surface area contributed by atoms with Crippen molar-refractivity contribution in [3.63, 3.8) is 0 Å². The largest absolute Gasteiger partial charge is 1.00 e. The van der Waals surface area contributed by atoms with Crippen molar-refractivity contribution < 1.29 is 43.1 Å². The second-order valence-electron chi connectivity index (χ2n) is 8.27. The summed E-state index contributed by atoms with van der Waals surface area (Å²) in [5.41, 5.74) is 4.02. The standard InChI is InChI=1S/C28H30N2O5S.Li/c1-18-6-4-5-7-22(18)24-17-20(29-26(31)16-19-8-11-21(35-2)12-9-19)10-13-23(24)27(32)30-25(28(33)34)14-15-36-3;/h4-13,17,25H,14-16H2,1-3H3,(H,29,31)(H,30,32)(H,33,34);/q;+1/p-1/t25-;/m0./s1. The average Bonchev–Trinajstić information content (AvgIpc) is 2.87. The Labute approximate surface area is 233 Å². The van der Waals surface area contributed by atoms with Crippen LogP contribution in [0.4, 0.5) is 5.69 Å². The van der Waals surface area contributed by atoms with Gasteiger partial charge in [0.2, 0.25) is 5.91 Å². The smallest absolute Gasteiger partial charge is 0.548 e. The molecule has 0 aliphatic carbocycles. The van der Waals surface area contributed by atoms with Gasteiger partial charge in [0, 0.05) is 11.3 Å². The van der Waals surface area contributed by atoms with E-state index >= 15 is 0 Å². The third-order valence-electron chi connectivity index (χ3n) is 5.71. The van der Waals surface area contributed by atoms with E-state index in [1.54, 1.807) is 37.4 Å². The first-order chi connectivity index (χ1) is 17.3. The first kappa shape index (κ1) is 30.0. The number of ether oxygens (including phenoxy) is 1. The Bertz CT molecular complexity index is 1230. The van der Waals surface area contributed by atoms with Crippen molar-refractivity contribution >= 4 is 35.2 Å². The molecule has 9 heteroatoms. The summed E-state index contributed by atoms with van der Waals surface area (Å²) in [6, 6.07) is 18.7. The molecule has 2 N–H and O–H groups in total. The van der Waals surface area contributed by atoms with Crippen LogP contribution in [0.1, 0.15) is 27.9 Å². The fourth-order valence-corrected chi connectivity index (χ4v) is 4.24. The van der Waals surface area contributed by atoms with Gasteiger partial charge in [-0.2, -0.15) is 11.8 Å². The van der Waals surface area contributed by atoms with Gasteiger partial charge in [-0.25, -0.2) is 0 Å². The first-order valence-electron chi connectivity index (χ1n) is 11.5. The van der Waals surface area contributed by atoms with Crippen molar-refractivity contribution in [2.45, 2.75) is 25.8 Å². The molecule has 188 valence electrons. The molecule has 0 radical (unpaired) electrons. The van der Waals surface area contributed by atoms with Crippen LogP contribution in [0.5, 0.6) is 5.75 Å². The van der Waals surface area contributed by atoms with E-state index in [2.05, 4.69) is 10.6 Å². The number of carbonyl (C=O) groups excluding carboxylic acids is 3. The van der Waals surface area contributed by atoms with Crippen LogP contribution in [0.25, 0.3) is 11.1 Å². The van der Waals surface area contributed by atoms with Crippen LogP contribution in [0, 0.1) is 6.92 Å². The van der Waals surface area contributed by atoms with Crippen LogP contribution in [-0.2, 0) is 16.0 Å². The fraction of sp³-hybridized carbons (Fsp3) is 0.250. The molecule has 0 bridgehead atoms. The molecule has 0 aromatic heterocycles. The Hall–Kier alpha value is -3.18. The number of amides is 2. The zero-order chi connectivity index (χ0) is 26.1. The summed E-state index contributed by atoms with van der Waals surface area (Å²) in [5.74, 6) is -0.757. The van der Waals surface area contributed by atoms with Crippen molar-refractivity contribution in [2.24, 2.45) is 0 Å². The number of carboxylic acids is 1. The summed E-state index contributed by atoms with van der Waals surface area (Å²) in [6.07, 6.45) is 2.30. The van der Waals surface area contributed by atoms with Crippen molar-refractivity contribution in [3.8, 4) is 16.9 Å². The number of hydrogen-bond donors (Lipinski definition) is 2. The van der Waals surface area contributed by atoms with E-state index in [0.717, 1.165) is 16.7 Å². The molecular weight excluding hydrogens is 483 g/mol. The molecule has 3 aromatic carbocycles. The normalized spacial score (nSPS) is 11.1. The fourth-order valence-electron chi connectivity index (χ4n) is 3.77. The van der Waals surface area contributed by atoms with Crippen molar-refractivity contribution in [3.05, 3.63) is 83.4 Å². The number of benzene rings is 3. The number of carbonyl (C=O) groups is 3. The predicted octanol–water partition coefficient (Wildman–Crippen LogP) is 0.457. The van der Waals surface area contributed by atoms with Gasteiger partial charge in [-0.05, 0) is 77.9 Å². The van der Waals surface area contributed by atoms with E-state index in [1.165, 1.54) is 11.8 Å². The van der Waals surface area contributed by atoms with Crippen LogP contribution < -0.4 is 39.3 Å². The zero-order valence-corrected chi connectivity index (χ0v) is 22.3. The molecule has 2 amide bonds. The Morgan fingerprint density at radius 2 is 1.70 bits per heavy atom. The monoisotopic (exact) mass is 512 g/mol. The SMILES string of the molecule is COc1ccc(CC(=O)Nc2ccc(C(=O)N[C@@H](CCSC)C(=O)[O-])c(-c3ccccc3C)c2)cc1.[Li+]. The zero-order valence-electron chi connectivity index (χ0n) is 21.5. The average molecular weight is 513 g/mol. The maximum atomic E-state index is 13.1. The molecule has 7 nitrogen and oxygen atoms in total. The van der Waals surface area contributed by atoms with E-state index < -0.39 is 17.9 Å². The molecule has 0 unspecified atom stereocenters. The van der Waals surface area contributed by atoms with E-state index in [9.17, 15) is 19.5 Å². The molecular formula is C28H29LiN2O5S. The summed E-state index contributed by atoms with van der Waals surface area (Å²) < 4.78 is 5.15. The summed E-state index contributed by atoms with van der Waals surface area (Å²) in [7, 11) is 1.58. The number of rotatable bonds is 11. The number of thioether (sulfide) groups is 1. The van der Waals surface area contributed by atoms with Crippen molar-refractivity contribution in [1.29, 1.82) is 0 Å². The number of aliphatic carboxylic acids is 1. The van der Waals surface area contributed by atoms with Crippen molar-refractivity contribution in [1.82, 2.24) is 5.32 Å². The van der Waals surface area contributed by atoms with Gasteiger partial charge in [0.25, 0.3) is 5.91 Å². The number of hydrogen-bond acceptors (Lipinski definition) is 6. The van der Waals surface area contributed by atoms with Gasteiger partial charge >= 0.3 is 18.9 Å². The number of methoxy groups -OCH3 is 1. The quantitative estimate of drug-likeness (QED) is 0.362. The van der Waals surface area contributed by atoms with E-state index in [1.807, 2.05) is 49.6 Å². The number of aryl methyl sites for hydroxylation is 1. The molecule has 3 rings (SSSR count). The number of nitrogens with one attached hydrogen (secondary N) is 2. The topological polar surface area (TPSA) is 108 Å². The van der Waals surface area contributed by atoms with E-state index in [4.69, 9.17) is 4.74 Å². The number of carboxylic acid groups (broad SMARTS) is 1. The predicted molar refractivity (Wildman–Crippen MR) is 141 cm³/mol. The summed E-state index contributed by atoms with van der Waals surface area (Å²) in [5, 5.41) is 17.0. The van der Waals surface area contributed by atoms with Crippen LogP contribution in [0.3, 0.4) is 0 Å². The molecule has 0 heterocycles. The minimum absolute atomic E-state index is 0. The van der Waals surface area contributed by atoms with Crippen LogP contribution >= 0.6 is 11.8 Å². The second-order valence-corrected chi connectivity index (χ2v) is 9.26. The molecule has 0 aliphatic heterocycles. The third-order valence-corrected chi connectivity index (χ3v) is 6.35. The second kappa shape index (κ2) is 14.5. The molecule has 3 aromatic rings. The van der Waals surface area contributed by atoms with Crippen LogP contribution in [-0.4, -0.2) is 42.9 Å².